The van der Waals surface area contributed by atoms with Crippen LogP contribution in [-0.4, -0.2) is 19.6 Å². The predicted molar refractivity (Wildman–Crippen MR) is 35.5 cm³/mol. The number of hydrogen-bond acceptors (Lipinski definition) is 3. The van der Waals surface area contributed by atoms with Gasteiger partial charge < -0.3 is 0 Å². The Morgan fingerprint density at radius 2 is 2.40 bits per heavy atom. The lowest BCUT2D eigenvalue weighted by Gasteiger charge is -1.92. The topological polar surface area (TPSA) is 43.1 Å². The van der Waals surface area contributed by atoms with Crippen molar-refractivity contribution in [3.63, 3.8) is 0 Å². The Morgan fingerprint density at radius 3 is 3.20 bits per heavy atom. The summed E-state index contributed by atoms with van der Waals surface area (Å²) in [6.07, 6.45) is 4.92. The summed E-state index contributed by atoms with van der Waals surface area (Å²) in [7, 11) is 0. The summed E-state index contributed by atoms with van der Waals surface area (Å²) in [4.78, 5) is 7.93. The van der Waals surface area contributed by atoms with Crippen LogP contribution in [0, 0.1) is 6.92 Å². The van der Waals surface area contributed by atoms with Gasteiger partial charge in [0.05, 0.1) is 11.9 Å². The number of hydrogen-bond donors (Lipinski definition) is 0. The number of aryl methyl sites for hydroxylation is 1. The molecule has 0 spiro atoms. The van der Waals surface area contributed by atoms with E-state index in [0.717, 1.165) is 11.2 Å². The van der Waals surface area contributed by atoms with Crippen molar-refractivity contribution < 1.29 is 0 Å². The largest absolute Gasteiger partial charge is 0.242 e. The van der Waals surface area contributed by atoms with Crippen LogP contribution in [-0.2, 0) is 0 Å². The van der Waals surface area contributed by atoms with E-state index < -0.39 is 0 Å². The molecule has 2 rings (SSSR count). The minimum atomic E-state index is 0.951. The third-order valence-corrected chi connectivity index (χ3v) is 1.42. The highest BCUT2D eigenvalue weighted by molar-refractivity contribution is 5.46. The Balaban J connectivity index is 2.95. The van der Waals surface area contributed by atoms with Crippen LogP contribution in [0.1, 0.15) is 5.69 Å². The molecule has 0 amide bonds. The van der Waals surface area contributed by atoms with E-state index in [0.29, 0.717) is 0 Å². The van der Waals surface area contributed by atoms with Gasteiger partial charge in [0.1, 0.15) is 18.2 Å². The first-order valence-corrected chi connectivity index (χ1v) is 2.98. The lowest BCUT2D eigenvalue weighted by molar-refractivity contribution is 0.878. The Labute approximate surface area is 57.5 Å². The molecule has 2 aromatic rings. The smallest absolute Gasteiger partial charge is 0.136 e. The molecule has 0 aliphatic heterocycles. The van der Waals surface area contributed by atoms with E-state index in [2.05, 4.69) is 15.1 Å². The van der Waals surface area contributed by atoms with E-state index >= 15 is 0 Å². The van der Waals surface area contributed by atoms with Crippen LogP contribution >= 0.6 is 0 Å². The molecule has 4 nitrogen and oxygen atoms in total. The second kappa shape index (κ2) is 1.76. The fourth-order valence-corrected chi connectivity index (χ4v) is 0.874. The van der Waals surface area contributed by atoms with Gasteiger partial charge >= 0.3 is 0 Å². The van der Waals surface area contributed by atoms with E-state index in [-0.39, 0.29) is 0 Å². The first kappa shape index (κ1) is 5.34. The first-order chi connectivity index (χ1) is 4.88. The highest BCUT2D eigenvalue weighted by Gasteiger charge is 1.95. The fourth-order valence-electron chi connectivity index (χ4n) is 0.874. The van der Waals surface area contributed by atoms with Crippen LogP contribution in [0.25, 0.3) is 5.52 Å². The fraction of sp³-hybridized carbons (Fsp3) is 0.167. The summed E-state index contributed by atoms with van der Waals surface area (Å²) >= 11 is 0. The van der Waals surface area contributed by atoms with Crippen LogP contribution in [0.5, 0.6) is 0 Å². The van der Waals surface area contributed by atoms with E-state index in [4.69, 9.17) is 0 Å². The van der Waals surface area contributed by atoms with E-state index in [9.17, 15) is 0 Å². The lowest BCUT2D eigenvalue weighted by Crippen LogP contribution is -1.92. The first-order valence-electron chi connectivity index (χ1n) is 2.98. The maximum Gasteiger partial charge on any atom is 0.136 e. The highest BCUT2D eigenvalue weighted by Crippen LogP contribution is 2.01. The number of aromatic nitrogens is 4. The van der Waals surface area contributed by atoms with E-state index in [1.165, 1.54) is 6.33 Å². The molecule has 0 aromatic carbocycles. The van der Waals surface area contributed by atoms with Gasteiger partial charge in [0, 0.05) is 0 Å². The van der Waals surface area contributed by atoms with Crippen molar-refractivity contribution in [1.29, 1.82) is 0 Å². The van der Waals surface area contributed by atoms with Gasteiger partial charge in [-0.05, 0) is 6.92 Å². The second-order valence-corrected chi connectivity index (χ2v) is 2.07. The summed E-state index contributed by atoms with van der Waals surface area (Å²) in [5.74, 6) is 0. The molecule has 0 aliphatic rings. The normalized spacial score (nSPS) is 10.5. The molecule has 0 fully saturated rings. The van der Waals surface area contributed by atoms with Crippen LogP contribution in [0.4, 0.5) is 0 Å². The van der Waals surface area contributed by atoms with Gasteiger partial charge in [-0.25, -0.2) is 14.5 Å². The number of imidazole rings is 1. The number of fused-ring (bicyclic) bond motifs is 1. The van der Waals surface area contributed by atoms with Crippen molar-refractivity contribution in [2.45, 2.75) is 6.92 Å². The van der Waals surface area contributed by atoms with Gasteiger partial charge in [0.15, 0.2) is 0 Å². The zero-order valence-electron chi connectivity index (χ0n) is 5.52. The molecular weight excluding hydrogens is 128 g/mol. The standard InChI is InChI=1S/C6H6N4/c1-5-6-2-7-4-10(6)9-3-8-5/h2-4H,1H3. The molecule has 4 heteroatoms. The lowest BCUT2D eigenvalue weighted by atomic mass is 10.4. The minimum absolute atomic E-state index is 0.951. The average Bonchev–Trinajstić information content (AvgIpc) is 2.36. The monoisotopic (exact) mass is 134 g/mol. The average molecular weight is 134 g/mol. The Kier molecular flexibility index (Phi) is 0.943. The third kappa shape index (κ3) is 0.586. The third-order valence-electron chi connectivity index (χ3n) is 1.42. The molecule has 0 unspecified atom stereocenters. The quantitative estimate of drug-likeness (QED) is 0.524. The minimum Gasteiger partial charge on any atom is -0.242 e. The van der Waals surface area contributed by atoms with Gasteiger partial charge in [0.25, 0.3) is 0 Å². The predicted octanol–water partition coefficient (Wildman–Crippen LogP) is 0.433. The summed E-state index contributed by atoms with van der Waals surface area (Å²) in [5, 5.41) is 3.95. The molecule has 0 N–H and O–H groups in total. The van der Waals surface area contributed by atoms with Crippen molar-refractivity contribution >= 4 is 5.52 Å². The summed E-state index contributed by atoms with van der Waals surface area (Å²) in [6, 6.07) is 0. The SMILES string of the molecule is Cc1ncnn2cncc12. The van der Waals surface area contributed by atoms with Crippen LogP contribution < -0.4 is 0 Å². The molecule has 2 aromatic heterocycles. The van der Waals surface area contributed by atoms with E-state index in [1.807, 2.05) is 6.92 Å². The van der Waals surface area contributed by atoms with E-state index in [1.54, 1.807) is 17.0 Å². The van der Waals surface area contributed by atoms with Crippen molar-refractivity contribution in [3.05, 3.63) is 24.5 Å². The molecule has 2 heterocycles. The molecule has 0 saturated carbocycles. The van der Waals surface area contributed by atoms with Crippen molar-refractivity contribution in [2.24, 2.45) is 0 Å². The zero-order valence-corrected chi connectivity index (χ0v) is 5.52. The maximum absolute atomic E-state index is 4.01. The van der Waals surface area contributed by atoms with Crippen molar-refractivity contribution in [3.8, 4) is 0 Å². The van der Waals surface area contributed by atoms with Gasteiger partial charge in [-0.3, -0.25) is 0 Å². The molecule has 0 atom stereocenters. The molecule has 0 bridgehead atoms. The molecule has 50 valence electrons. The highest BCUT2D eigenvalue weighted by atomic mass is 15.3. The van der Waals surface area contributed by atoms with Gasteiger partial charge in [-0.1, -0.05) is 0 Å². The van der Waals surface area contributed by atoms with Crippen molar-refractivity contribution in [2.75, 3.05) is 0 Å². The summed E-state index contributed by atoms with van der Waals surface area (Å²) in [5.41, 5.74) is 1.91. The van der Waals surface area contributed by atoms with Crippen molar-refractivity contribution in [1.82, 2.24) is 19.6 Å². The van der Waals surface area contributed by atoms with Gasteiger partial charge in [-0.2, -0.15) is 5.10 Å². The van der Waals surface area contributed by atoms with Crippen LogP contribution in [0.3, 0.4) is 0 Å². The van der Waals surface area contributed by atoms with Gasteiger partial charge in [-0.15, -0.1) is 0 Å². The molecule has 0 saturated heterocycles. The van der Waals surface area contributed by atoms with Crippen LogP contribution in [0.2, 0.25) is 0 Å². The summed E-state index contributed by atoms with van der Waals surface area (Å²) in [6.45, 7) is 1.93. The Hall–Kier alpha value is -1.45. The zero-order chi connectivity index (χ0) is 6.97. The maximum atomic E-state index is 4.01. The molecule has 10 heavy (non-hydrogen) atoms. The Bertz CT molecular complexity index is 351. The Morgan fingerprint density at radius 1 is 1.50 bits per heavy atom. The molecule has 0 radical (unpaired) electrons. The second-order valence-electron chi connectivity index (χ2n) is 2.07. The van der Waals surface area contributed by atoms with Gasteiger partial charge in [0.2, 0.25) is 0 Å². The summed E-state index contributed by atoms with van der Waals surface area (Å²) < 4.78 is 1.70. The number of nitrogens with zero attached hydrogens (tertiary/aromatic N) is 4. The number of rotatable bonds is 0. The molecular formula is C6H6N4. The molecule has 0 aliphatic carbocycles. The van der Waals surface area contributed by atoms with Crippen LogP contribution in [0.15, 0.2) is 18.9 Å².